The Hall–Kier alpha value is -2.48. The van der Waals surface area contributed by atoms with Crippen molar-refractivity contribution in [1.29, 1.82) is 0 Å². The molecule has 138 valence electrons. The minimum absolute atomic E-state index is 0.324. The lowest BCUT2D eigenvalue weighted by molar-refractivity contribution is 0.0991. The third kappa shape index (κ3) is 3.29. The Morgan fingerprint density at radius 2 is 2.19 bits per heavy atom. The van der Waals surface area contributed by atoms with E-state index in [-0.39, 0.29) is 5.91 Å². The predicted molar refractivity (Wildman–Crippen MR) is 107 cm³/mol. The number of halogens is 1. The standard InChI is InChI=1S/C19H17ClN4O2S/c1-12-17(24-8-4-3-5-16(24)21-12)18(25)22-19-23(9-10-26-2)14-7-6-13(20)11-15(14)27-19/h3-8,11H,9-10H2,1-2H3. The fraction of sp³-hybridized carbons (Fsp3) is 0.211. The van der Waals surface area contributed by atoms with Crippen LogP contribution in [0.25, 0.3) is 15.9 Å². The number of hydrogen-bond donors (Lipinski definition) is 0. The van der Waals surface area contributed by atoms with Crippen LogP contribution in [-0.2, 0) is 11.3 Å². The number of ether oxygens (including phenoxy) is 1. The van der Waals surface area contributed by atoms with Crippen molar-refractivity contribution >= 4 is 44.7 Å². The van der Waals surface area contributed by atoms with Gasteiger partial charge < -0.3 is 9.30 Å². The second-order valence-corrected chi connectivity index (χ2v) is 7.48. The van der Waals surface area contributed by atoms with E-state index in [2.05, 4.69) is 9.98 Å². The number of aryl methyl sites for hydroxylation is 1. The molecular weight excluding hydrogens is 384 g/mol. The molecule has 0 aliphatic rings. The third-order valence-electron chi connectivity index (χ3n) is 4.27. The summed E-state index contributed by atoms with van der Waals surface area (Å²) < 4.78 is 9.94. The molecule has 1 amide bonds. The summed E-state index contributed by atoms with van der Waals surface area (Å²) in [7, 11) is 1.65. The maximum atomic E-state index is 13.0. The topological polar surface area (TPSA) is 60.9 Å². The van der Waals surface area contributed by atoms with Crippen LogP contribution in [0.4, 0.5) is 0 Å². The summed E-state index contributed by atoms with van der Waals surface area (Å²) >= 11 is 7.55. The molecule has 0 N–H and O–H groups in total. The summed E-state index contributed by atoms with van der Waals surface area (Å²) in [6, 6.07) is 11.3. The highest BCUT2D eigenvalue weighted by molar-refractivity contribution is 7.16. The van der Waals surface area contributed by atoms with Gasteiger partial charge in [0.2, 0.25) is 0 Å². The van der Waals surface area contributed by atoms with Crippen LogP contribution in [0.2, 0.25) is 5.02 Å². The zero-order valence-electron chi connectivity index (χ0n) is 14.8. The van der Waals surface area contributed by atoms with Crippen molar-refractivity contribution in [3.8, 4) is 0 Å². The number of pyridine rings is 1. The van der Waals surface area contributed by atoms with Gasteiger partial charge >= 0.3 is 0 Å². The lowest BCUT2D eigenvalue weighted by atomic mass is 10.3. The number of aromatic nitrogens is 3. The van der Waals surface area contributed by atoms with Crippen molar-refractivity contribution in [2.24, 2.45) is 4.99 Å². The molecule has 4 rings (SSSR count). The van der Waals surface area contributed by atoms with E-state index >= 15 is 0 Å². The van der Waals surface area contributed by atoms with E-state index in [0.717, 1.165) is 15.9 Å². The summed E-state index contributed by atoms with van der Waals surface area (Å²) in [5.41, 5.74) is 2.83. The number of benzene rings is 1. The molecule has 0 unspecified atom stereocenters. The lowest BCUT2D eigenvalue weighted by Crippen LogP contribution is -2.20. The first-order chi connectivity index (χ1) is 13.1. The molecule has 0 aliphatic heterocycles. The highest BCUT2D eigenvalue weighted by Crippen LogP contribution is 2.22. The minimum Gasteiger partial charge on any atom is -0.383 e. The van der Waals surface area contributed by atoms with Crippen molar-refractivity contribution in [3.05, 3.63) is 63.8 Å². The molecule has 0 radical (unpaired) electrons. The van der Waals surface area contributed by atoms with Crippen LogP contribution in [-0.4, -0.2) is 33.6 Å². The van der Waals surface area contributed by atoms with E-state index in [0.29, 0.717) is 34.4 Å². The van der Waals surface area contributed by atoms with E-state index < -0.39 is 0 Å². The molecule has 0 atom stereocenters. The zero-order chi connectivity index (χ0) is 19.0. The van der Waals surface area contributed by atoms with Crippen molar-refractivity contribution in [2.45, 2.75) is 13.5 Å². The number of carbonyl (C=O) groups excluding carboxylic acids is 1. The maximum absolute atomic E-state index is 13.0. The molecule has 1 aromatic carbocycles. The van der Waals surface area contributed by atoms with Crippen LogP contribution in [0.5, 0.6) is 0 Å². The lowest BCUT2D eigenvalue weighted by Gasteiger charge is -2.04. The minimum atomic E-state index is -0.324. The van der Waals surface area contributed by atoms with Crippen LogP contribution >= 0.6 is 22.9 Å². The SMILES string of the molecule is COCCn1c(=NC(=O)c2c(C)nc3ccccn23)sc2cc(Cl)ccc21. The van der Waals surface area contributed by atoms with E-state index in [1.165, 1.54) is 11.3 Å². The average Bonchev–Trinajstić information content (AvgIpc) is 3.15. The number of carbonyl (C=O) groups is 1. The molecule has 3 aromatic heterocycles. The van der Waals surface area contributed by atoms with Gasteiger partial charge in [0.15, 0.2) is 4.80 Å². The molecule has 0 saturated carbocycles. The molecule has 6 nitrogen and oxygen atoms in total. The molecule has 0 bridgehead atoms. The molecule has 4 aromatic rings. The number of fused-ring (bicyclic) bond motifs is 2. The number of nitrogens with zero attached hydrogens (tertiary/aromatic N) is 4. The van der Waals surface area contributed by atoms with Gasteiger partial charge in [-0.2, -0.15) is 4.99 Å². The summed E-state index contributed by atoms with van der Waals surface area (Å²) in [5, 5.41) is 0.651. The Kier molecular flexibility index (Phi) is 4.82. The van der Waals surface area contributed by atoms with Crippen LogP contribution in [0.15, 0.2) is 47.6 Å². The highest BCUT2D eigenvalue weighted by Gasteiger charge is 2.17. The molecule has 0 fully saturated rings. The van der Waals surface area contributed by atoms with Crippen molar-refractivity contribution in [2.75, 3.05) is 13.7 Å². The smallest absolute Gasteiger partial charge is 0.298 e. The predicted octanol–water partition coefficient (Wildman–Crippen LogP) is 3.70. The number of rotatable bonds is 4. The van der Waals surface area contributed by atoms with Gasteiger partial charge in [-0.3, -0.25) is 9.20 Å². The van der Waals surface area contributed by atoms with Gasteiger partial charge in [-0.05, 0) is 37.3 Å². The summed E-state index contributed by atoms with van der Waals surface area (Å²) in [6.45, 7) is 2.93. The molecule has 0 spiro atoms. The summed E-state index contributed by atoms with van der Waals surface area (Å²) in [6.07, 6.45) is 1.82. The monoisotopic (exact) mass is 400 g/mol. The molecule has 0 saturated heterocycles. The molecule has 3 heterocycles. The Balaban J connectivity index is 1.88. The number of amides is 1. The molecule has 8 heteroatoms. The van der Waals surface area contributed by atoms with Crippen molar-refractivity contribution < 1.29 is 9.53 Å². The van der Waals surface area contributed by atoms with E-state index in [1.807, 2.05) is 54.1 Å². The van der Waals surface area contributed by atoms with Crippen LogP contribution in [0.1, 0.15) is 16.2 Å². The molecule has 27 heavy (non-hydrogen) atoms. The van der Waals surface area contributed by atoms with E-state index in [1.54, 1.807) is 11.5 Å². The van der Waals surface area contributed by atoms with E-state index in [4.69, 9.17) is 16.3 Å². The average molecular weight is 401 g/mol. The second-order valence-electron chi connectivity index (χ2n) is 6.03. The van der Waals surface area contributed by atoms with Gasteiger partial charge in [-0.15, -0.1) is 0 Å². The summed E-state index contributed by atoms with van der Waals surface area (Å²) in [4.78, 5) is 22.5. The molecular formula is C19H17ClN4O2S. The van der Waals surface area contributed by atoms with Crippen LogP contribution in [0.3, 0.4) is 0 Å². The number of methoxy groups -OCH3 is 1. The van der Waals surface area contributed by atoms with Gasteiger partial charge in [-0.1, -0.05) is 29.0 Å². The number of thiazole rings is 1. The van der Waals surface area contributed by atoms with Gasteiger partial charge in [0.05, 0.1) is 22.5 Å². The first kappa shape index (κ1) is 17.9. The van der Waals surface area contributed by atoms with Crippen LogP contribution in [0, 0.1) is 6.92 Å². The fourth-order valence-corrected chi connectivity index (χ4v) is 4.37. The largest absolute Gasteiger partial charge is 0.383 e. The van der Waals surface area contributed by atoms with Crippen molar-refractivity contribution in [3.63, 3.8) is 0 Å². The van der Waals surface area contributed by atoms with Gasteiger partial charge in [0.1, 0.15) is 11.3 Å². The van der Waals surface area contributed by atoms with Gasteiger partial charge in [-0.25, -0.2) is 4.98 Å². The van der Waals surface area contributed by atoms with E-state index in [9.17, 15) is 4.79 Å². The first-order valence-electron chi connectivity index (χ1n) is 8.39. The van der Waals surface area contributed by atoms with Gasteiger partial charge in [0.25, 0.3) is 5.91 Å². The van der Waals surface area contributed by atoms with Crippen molar-refractivity contribution in [1.82, 2.24) is 14.0 Å². The number of hydrogen-bond acceptors (Lipinski definition) is 4. The first-order valence-corrected chi connectivity index (χ1v) is 9.58. The Labute approximate surface area is 164 Å². The highest BCUT2D eigenvalue weighted by atomic mass is 35.5. The Bertz CT molecular complexity index is 1220. The molecule has 0 aliphatic carbocycles. The summed E-state index contributed by atoms with van der Waals surface area (Å²) in [5.74, 6) is -0.324. The third-order valence-corrected chi connectivity index (χ3v) is 5.54. The normalized spacial score (nSPS) is 12.3. The zero-order valence-corrected chi connectivity index (χ0v) is 16.4. The number of imidazole rings is 1. The second kappa shape index (κ2) is 7.26. The quantitative estimate of drug-likeness (QED) is 0.524. The fourth-order valence-electron chi connectivity index (χ4n) is 3.04. The Morgan fingerprint density at radius 3 is 3.00 bits per heavy atom. The van der Waals surface area contributed by atoms with Crippen LogP contribution < -0.4 is 4.80 Å². The Morgan fingerprint density at radius 1 is 1.33 bits per heavy atom. The van der Waals surface area contributed by atoms with Gasteiger partial charge in [0, 0.05) is 24.9 Å². The maximum Gasteiger partial charge on any atom is 0.298 e.